The highest BCUT2D eigenvalue weighted by Crippen LogP contribution is 2.37. The molecule has 4 saturated heterocycles. The van der Waals surface area contributed by atoms with Crippen LogP contribution in [-0.4, -0.2) is 69.2 Å². The first-order valence-electron chi connectivity index (χ1n) is 31.3. The van der Waals surface area contributed by atoms with Crippen LogP contribution < -0.4 is 43.8 Å². The van der Waals surface area contributed by atoms with Crippen LogP contribution in [0.15, 0.2) is 176 Å². The van der Waals surface area contributed by atoms with Crippen LogP contribution in [0.4, 0.5) is 4.79 Å². The van der Waals surface area contributed by atoms with Crippen LogP contribution in [0.1, 0.15) is 119 Å². The van der Waals surface area contributed by atoms with Crippen molar-refractivity contribution < 1.29 is 76.0 Å². The molecule has 0 aliphatic carbocycles. The lowest BCUT2D eigenvalue weighted by atomic mass is 10.0. The second-order valence-corrected chi connectivity index (χ2v) is 24.5. The number of alkyl carbamates (subject to hydrolysis) is 1. The third-order valence-electron chi connectivity index (χ3n) is 15.8. The van der Waals surface area contributed by atoms with Crippen molar-refractivity contribution in [2.24, 2.45) is 0 Å². The molecule has 4 heterocycles. The molecule has 482 valence electrons. The standard InChI is InChI=1S/C75H76N2O16/c1-47(73(79)81-5)76-72(78)63(77-74(80)93-75(2,3)4)32-48-14-26-60(27-15-48)82-42-55-30-61(83-40-53-16-28-64(85-36-49-6-18-56(19-7-49)68-43-89-68)66(33-53)87-38-51-10-22-58(23-11-51)70-45-91-70)35-62(31-55)84-41-54-17-29-65(86-37-50-8-20-57(21-9-50)69-44-90-69)67(34-54)88-39-52-12-24-59(25-13-52)71-46-92-71/h6-31,33-35,47,63,68-71H,32,36-46H2,1-5H3,(H,76,78)(H,77,80). The average Bonchev–Trinajstić information content (AvgIpc) is 2.59. The summed E-state index contributed by atoms with van der Waals surface area (Å²) in [5, 5.41) is 5.28. The number of carbonyl (C=O) groups excluding carboxylic acids is 3. The number of epoxide rings is 4. The lowest BCUT2D eigenvalue weighted by molar-refractivity contribution is -0.144. The zero-order valence-electron chi connectivity index (χ0n) is 52.7. The molecule has 0 aromatic heterocycles. The van der Waals surface area contributed by atoms with E-state index in [-0.39, 0.29) is 50.7 Å². The first-order chi connectivity index (χ1) is 45.2. The van der Waals surface area contributed by atoms with Gasteiger partial charge in [-0.15, -0.1) is 0 Å². The van der Waals surface area contributed by atoms with Gasteiger partial charge in [-0.1, -0.05) is 121 Å². The molecular weight excluding hydrogens is 1180 g/mol. The SMILES string of the molecule is COC(=O)C(C)NC(=O)C(Cc1ccc(OCc2cc(OCc3ccc(OCc4ccc(C5CO5)cc4)c(OCc4ccc(C5CO5)cc4)c3)cc(OCc3ccc(OCc4ccc(C5CO5)cc4)c(OCc4ccc(C5CO5)cc4)c3)c2)cc1)NC(=O)OC(C)(C)C. The van der Waals surface area contributed by atoms with E-state index in [2.05, 4.69) is 108 Å². The van der Waals surface area contributed by atoms with Gasteiger partial charge in [-0.05, 0) is 143 Å². The lowest BCUT2D eigenvalue weighted by Gasteiger charge is -2.24. The first kappa shape index (κ1) is 63.6. The largest absolute Gasteiger partial charge is 0.489 e. The second-order valence-electron chi connectivity index (χ2n) is 24.5. The normalized spacial score (nSPS) is 17.3. The van der Waals surface area contributed by atoms with Crippen molar-refractivity contribution >= 4 is 18.0 Å². The fourth-order valence-corrected chi connectivity index (χ4v) is 10.2. The van der Waals surface area contributed by atoms with Gasteiger partial charge in [-0.2, -0.15) is 0 Å². The second kappa shape index (κ2) is 29.4. The van der Waals surface area contributed by atoms with E-state index in [4.69, 9.17) is 61.6 Å². The van der Waals surface area contributed by atoms with Gasteiger partial charge in [0, 0.05) is 12.5 Å². The van der Waals surface area contributed by atoms with Gasteiger partial charge in [0.25, 0.3) is 0 Å². The number of esters is 1. The number of benzene rings is 8. The summed E-state index contributed by atoms with van der Waals surface area (Å²) < 4.78 is 77.8. The maximum atomic E-state index is 13.5. The van der Waals surface area contributed by atoms with Gasteiger partial charge in [-0.3, -0.25) is 4.79 Å². The molecule has 4 aliphatic rings. The van der Waals surface area contributed by atoms with Crippen LogP contribution in [-0.2, 0) is 90.7 Å². The van der Waals surface area contributed by atoms with Crippen molar-refractivity contribution in [2.45, 2.75) is 122 Å². The Labute approximate surface area is 541 Å². The molecular formula is C75H76N2O16. The van der Waals surface area contributed by atoms with Gasteiger partial charge in [0.05, 0.1) is 33.5 Å². The molecule has 2 amide bonds. The Bertz CT molecular complexity index is 3650. The Kier molecular flexibility index (Phi) is 20.1. The van der Waals surface area contributed by atoms with Crippen LogP contribution in [0.5, 0.6) is 40.2 Å². The van der Waals surface area contributed by atoms with E-state index in [0.717, 1.165) is 87.6 Å². The molecule has 0 radical (unpaired) electrons. The highest BCUT2D eigenvalue weighted by molar-refractivity contribution is 5.89. The van der Waals surface area contributed by atoms with E-state index in [1.165, 1.54) is 14.0 Å². The summed E-state index contributed by atoms with van der Waals surface area (Å²) in [7, 11) is 1.23. The number of rotatable bonds is 31. The smallest absolute Gasteiger partial charge is 0.408 e. The van der Waals surface area contributed by atoms with Crippen LogP contribution in [0.3, 0.4) is 0 Å². The monoisotopic (exact) mass is 1260 g/mol. The average molecular weight is 1260 g/mol. The number of hydrogen-bond acceptors (Lipinski definition) is 16. The van der Waals surface area contributed by atoms with E-state index in [0.29, 0.717) is 72.2 Å². The molecule has 4 fully saturated rings. The third-order valence-corrected chi connectivity index (χ3v) is 15.8. The zero-order valence-corrected chi connectivity index (χ0v) is 52.7. The van der Waals surface area contributed by atoms with E-state index in [1.54, 1.807) is 45.0 Å². The van der Waals surface area contributed by atoms with Gasteiger partial charge < -0.3 is 72.2 Å². The molecule has 8 aromatic carbocycles. The van der Waals surface area contributed by atoms with Crippen molar-refractivity contribution in [3.63, 3.8) is 0 Å². The summed E-state index contributed by atoms with van der Waals surface area (Å²) in [5.41, 5.74) is 10.9. The summed E-state index contributed by atoms with van der Waals surface area (Å²) in [5.74, 6) is 2.68. The van der Waals surface area contributed by atoms with Gasteiger partial charge in [0.2, 0.25) is 5.91 Å². The topological polar surface area (TPSA) is 208 Å². The molecule has 93 heavy (non-hydrogen) atoms. The van der Waals surface area contributed by atoms with Gasteiger partial charge in [0.1, 0.15) is 106 Å². The van der Waals surface area contributed by atoms with Gasteiger partial charge >= 0.3 is 12.1 Å². The molecule has 0 bridgehead atoms. The van der Waals surface area contributed by atoms with Crippen LogP contribution in [0.2, 0.25) is 0 Å². The molecule has 6 atom stereocenters. The first-order valence-corrected chi connectivity index (χ1v) is 31.3. The van der Waals surface area contributed by atoms with Gasteiger partial charge in [0.15, 0.2) is 23.0 Å². The third kappa shape index (κ3) is 18.8. The van der Waals surface area contributed by atoms with E-state index >= 15 is 0 Å². The molecule has 12 rings (SSSR count). The Morgan fingerprint density at radius 3 is 1.13 bits per heavy atom. The minimum Gasteiger partial charge on any atom is -0.489 e. The van der Waals surface area contributed by atoms with Gasteiger partial charge in [-0.25, -0.2) is 9.59 Å². The molecule has 18 nitrogen and oxygen atoms in total. The number of amides is 2. The quantitative estimate of drug-likeness (QED) is 0.0306. The number of nitrogens with one attached hydrogen (secondary N) is 2. The maximum absolute atomic E-state index is 13.5. The Hall–Kier alpha value is -9.59. The highest BCUT2D eigenvalue weighted by Gasteiger charge is 2.30. The van der Waals surface area contributed by atoms with Crippen molar-refractivity contribution in [1.82, 2.24) is 10.6 Å². The predicted octanol–water partition coefficient (Wildman–Crippen LogP) is 13.1. The van der Waals surface area contributed by atoms with Crippen molar-refractivity contribution in [3.8, 4) is 40.2 Å². The molecule has 0 saturated carbocycles. The Balaban J connectivity index is 0.770. The number of ether oxygens (including phenoxy) is 13. The Morgan fingerprint density at radius 1 is 0.409 bits per heavy atom. The number of carbonyl (C=O) groups is 3. The van der Waals surface area contributed by atoms with Crippen molar-refractivity contribution in [2.75, 3.05) is 33.5 Å². The molecule has 8 aromatic rings. The van der Waals surface area contributed by atoms with E-state index < -0.39 is 35.7 Å². The van der Waals surface area contributed by atoms with Crippen LogP contribution >= 0.6 is 0 Å². The molecule has 4 aliphatic heterocycles. The summed E-state index contributed by atoms with van der Waals surface area (Å²) in [6.07, 6.45) is -0.0422. The minimum atomic E-state index is -1.08. The van der Waals surface area contributed by atoms with Crippen molar-refractivity contribution in [1.29, 1.82) is 0 Å². The summed E-state index contributed by atoms with van der Waals surface area (Å²) in [6.45, 7) is 11.4. The predicted molar refractivity (Wildman–Crippen MR) is 343 cm³/mol. The molecule has 6 unspecified atom stereocenters. The fraction of sp³-hybridized carbons (Fsp3) is 0.320. The van der Waals surface area contributed by atoms with E-state index in [1.807, 2.05) is 54.6 Å². The summed E-state index contributed by atoms with van der Waals surface area (Å²) >= 11 is 0. The van der Waals surface area contributed by atoms with E-state index in [9.17, 15) is 14.4 Å². The molecule has 2 N–H and O–H groups in total. The molecule has 0 spiro atoms. The zero-order chi connectivity index (χ0) is 64.3. The lowest BCUT2D eigenvalue weighted by Crippen LogP contribution is -2.52. The van der Waals surface area contributed by atoms with Crippen LogP contribution in [0.25, 0.3) is 0 Å². The Morgan fingerprint density at radius 2 is 0.753 bits per heavy atom. The fourth-order valence-electron chi connectivity index (χ4n) is 10.2. The van der Waals surface area contributed by atoms with Crippen molar-refractivity contribution in [3.05, 3.63) is 243 Å². The summed E-state index contributed by atoms with van der Waals surface area (Å²) in [6, 6.07) is 55.5. The van der Waals surface area contributed by atoms with Crippen LogP contribution in [0, 0.1) is 0 Å². The minimum absolute atomic E-state index is 0.0805. The summed E-state index contributed by atoms with van der Waals surface area (Å²) in [4.78, 5) is 38.6. The molecule has 18 heteroatoms. The number of hydrogen-bond donors (Lipinski definition) is 2. The highest BCUT2D eigenvalue weighted by atomic mass is 16.6. The maximum Gasteiger partial charge on any atom is 0.408 e. The number of methoxy groups -OCH3 is 1.